The van der Waals surface area contributed by atoms with Crippen LogP contribution < -0.4 is 10.6 Å². The summed E-state index contributed by atoms with van der Waals surface area (Å²) in [6.07, 6.45) is 3.06. The van der Waals surface area contributed by atoms with Gasteiger partial charge in [0.15, 0.2) is 0 Å². The maximum atomic E-state index is 11.7. The summed E-state index contributed by atoms with van der Waals surface area (Å²) in [5, 5.41) is 5.92. The van der Waals surface area contributed by atoms with Crippen LogP contribution in [0.4, 0.5) is 0 Å². The number of rotatable bonds is 11. The maximum absolute atomic E-state index is 11.7. The van der Waals surface area contributed by atoms with Crippen molar-refractivity contribution in [2.24, 2.45) is 10.8 Å². The van der Waals surface area contributed by atoms with Gasteiger partial charge >= 0.3 is 0 Å². The molecule has 0 saturated carbocycles. The third kappa shape index (κ3) is 18.0. The molecule has 0 aliphatic carbocycles. The van der Waals surface area contributed by atoms with E-state index in [-0.39, 0.29) is 22.6 Å². The molecule has 0 saturated heterocycles. The standard InChI is InChI=1S/C18H36N2O2S2/c1-17(2,3)9-11-19-15(21)7-13-23-24-14-8-16(22)20-12-10-18(4,5)6/h7-14H2,1-6H3,(H,19,21)(H,20,22). The predicted molar refractivity (Wildman–Crippen MR) is 108 cm³/mol. The summed E-state index contributed by atoms with van der Waals surface area (Å²) in [5.41, 5.74) is 0.511. The molecule has 0 spiro atoms. The lowest BCUT2D eigenvalue weighted by Gasteiger charge is -2.18. The highest BCUT2D eigenvalue weighted by atomic mass is 33.1. The van der Waals surface area contributed by atoms with Gasteiger partial charge in [-0.2, -0.15) is 0 Å². The van der Waals surface area contributed by atoms with E-state index >= 15 is 0 Å². The van der Waals surface area contributed by atoms with Crippen LogP contribution in [0.25, 0.3) is 0 Å². The van der Waals surface area contributed by atoms with Gasteiger partial charge in [0, 0.05) is 37.4 Å². The van der Waals surface area contributed by atoms with E-state index in [1.54, 1.807) is 21.6 Å². The van der Waals surface area contributed by atoms with Gasteiger partial charge in [-0.1, -0.05) is 63.1 Å². The highest BCUT2D eigenvalue weighted by Gasteiger charge is 2.11. The lowest BCUT2D eigenvalue weighted by Crippen LogP contribution is -2.27. The molecule has 0 aromatic heterocycles. The Morgan fingerprint density at radius 1 is 0.708 bits per heavy atom. The third-order valence-electron chi connectivity index (χ3n) is 3.30. The lowest BCUT2D eigenvalue weighted by molar-refractivity contribution is -0.121. The Balaban J connectivity index is 3.47. The number of carbonyl (C=O) groups is 2. The molecular weight excluding hydrogens is 340 g/mol. The predicted octanol–water partition coefficient (Wildman–Crippen LogP) is 4.25. The molecule has 0 aromatic rings. The van der Waals surface area contributed by atoms with E-state index in [4.69, 9.17) is 0 Å². The first-order valence-electron chi connectivity index (χ1n) is 8.77. The average molecular weight is 377 g/mol. The van der Waals surface area contributed by atoms with Crippen molar-refractivity contribution < 1.29 is 9.59 Å². The largest absolute Gasteiger partial charge is 0.356 e. The SMILES string of the molecule is CC(C)(C)CCNC(=O)CCSSCCC(=O)NCCC(C)(C)C. The highest BCUT2D eigenvalue weighted by Crippen LogP contribution is 2.23. The third-order valence-corrected chi connectivity index (χ3v) is 5.71. The second kappa shape index (κ2) is 12.1. The second-order valence-corrected chi connectivity index (χ2v) is 11.2. The fourth-order valence-corrected chi connectivity index (χ4v) is 3.70. The van der Waals surface area contributed by atoms with Gasteiger partial charge in [0.2, 0.25) is 11.8 Å². The van der Waals surface area contributed by atoms with Crippen LogP contribution in [-0.4, -0.2) is 36.4 Å². The quantitative estimate of drug-likeness (QED) is 0.418. The van der Waals surface area contributed by atoms with Crippen LogP contribution in [0.3, 0.4) is 0 Å². The molecular formula is C18H36N2O2S2. The normalized spacial score (nSPS) is 12.1. The molecule has 0 aromatic carbocycles. The summed E-state index contributed by atoms with van der Waals surface area (Å²) in [5.74, 6) is 1.81. The monoisotopic (exact) mass is 376 g/mol. The number of amides is 2. The molecule has 0 heterocycles. The second-order valence-electron chi connectivity index (χ2n) is 8.47. The molecule has 0 rings (SSSR count). The topological polar surface area (TPSA) is 58.2 Å². The Bertz CT molecular complexity index is 338. The molecule has 24 heavy (non-hydrogen) atoms. The first-order chi connectivity index (χ1) is 11.0. The Morgan fingerprint density at radius 3 is 1.33 bits per heavy atom. The Kier molecular flexibility index (Phi) is 11.9. The molecule has 4 nitrogen and oxygen atoms in total. The zero-order valence-corrected chi connectivity index (χ0v) is 17.9. The van der Waals surface area contributed by atoms with Crippen LogP contribution in [0.2, 0.25) is 0 Å². The summed E-state index contributed by atoms with van der Waals surface area (Å²) in [7, 11) is 3.33. The molecule has 0 atom stereocenters. The van der Waals surface area contributed by atoms with Crippen LogP contribution in [-0.2, 0) is 9.59 Å². The van der Waals surface area contributed by atoms with Crippen molar-refractivity contribution in [2.45, 2.75) is 67.2 Å². The zero-order valence-electron chi connectivity index (χ0n) is 16.3. The maximum Gasteiger partial charge on any atom is 0.220 e. The van der Waals surface area contributed by atoms with Crippen molar-refractivity contribution in [3.8, 4) is 0 Å². The molecule has 0 fully saturated rings. The van der Waals surface area contributed by atoms with E-state index in [2.05, 4.69) is 52.2 Å². The number of nitrogens with one attached hydrogen (secondary N) is 2. The van der Waals surface area contributed by atoms with Crippen LogP contribution in [0.15, 0.2) is 0 Å². The van der Waals surface area contributed by atoms with Gasteiger partial charge < -0.3 is 10.6 Å². The van der Waals surface area contributed by atoms with E-state index in [1.165, 1.54) is 0 Å². The summed E-state index contributed by atoms with van der Waals surface area (Å²) in [6.45, 7) is 14.5. The minimum atomic E-state index is 0.118. The smallest absolute Gasteiger partial charge is 0.220 e. The van der Waals surface area contributed by atoms with E-state index < -0.39 is 0 Å². The Hall–Kier alpha value is -0.360. The summed E-state index contributed by atoms with van der Waals surface area (Å²) < 4.78 is 0. The first kappa shape index (κ1) is 23.6. The molecule has 0 aliphatic rings. The lowest BCUT2D eigenvalue weighted by atomic mass is 9.92. The van der Waals surface area contributed by atoms with E-state index in [9.17, 15) is 9.59 Å². The fraction of sp³-hybridized carbons (Fsp3) is 0.889. The summed E-state index contributed by atoms with van der Waals surface area (Å²) in [6, 6.07) is 0. The van der Waals surface area contributed by atoms with Crippen molar-refractivity contribution in [2.75, 3.05) is 24.6 Å². The molecule has 0 unspecified atom stereocenters. The molecule has 2 N–H and O–H groups in total. The van der Waals surface area contributed by atoms with Gasteiger partial charge in [-0.15, -0.1) is 0 Å². The van der Waals surface area contributed by atoms with E-state index in [0.717, 1.165) is 37.4 Å². The zero-order chi connectivity index (χ0) is 18.6. The fourth-order valence-electron chi connectivity index (χ4n) is 1.72. The van der Waals surface area contributed by atoms with Gasteiger partial charge in [0.25, 0.3) is 0 Å². The summed E-state index contributed by atoms with van der Waals surface area (Å²) in [4.78, 5) is 23.3. The molecule has 0 radical (unpaired) electrons. The molecule has 0 aliphatic heterocycles. The van der Waals surface area contributed by atoms with Crippen LogP contribution in [0, 0.1) is 10.8 Å². The van der Waals surface area contributed by atoms with E-state index in [0.29, 0.717) is 12.8 Å². The van der Waals surface area contributed by atoms with Crippen molar-refractivity contribution in [1.29, 1.82) is 0 Å². The number of hydrogen-bond donors (Lipinski definition) is 2. The number of carbonyl (C=O) groups excluding carboxylic acids is 2. The minimum Gasteiger partial charge on any atom is -0.356 e. The molecule has 0 bridgehead atoms. The van der Waals surface area contributed by atoms with Crippen molar-refractivity contribution in [1.82, 2.24) is 10.6 Å². The van der Waals surface area contributed by atoms with Crippen LogP contribution >= 0.6 is 21.6 Å². The number of hydrogen-bond acceptors (Lipinski definition) is 4. The Labute approximate surface area is 156 Å². The molecule has 6 heteroatoms. The van der Waals surface area contributed by atoms with Gasteiger partial charge in [-0.3, -0.25) is 9.59 Å². The summed E-state index contributed by atoms with van der Waals surface area (Å²) >= 11 is 0. The van der Waals surface area contributed by atoms with Crippen LogP contribution in [0.5, 0.6) is 0 Å². The van der Waals surface area contributed by atoms with Gasteiger partial charge in [0.1, 0.15) is 0 Å². The van der Waals surface area contributed by atoms with Crippen molar-refractivity contribution in [3.63, 3.8) is 0 Å². The Morgan fingerprint density at radius 2 is 1.04 bits per heavy atom. The van der Waals surface area contributed by atoms with E-state index in [1.807, 2.05) is 0 Å². The molecule has 2 amide bonds. The molecule has 142 valence electrons. The van der Waals surface area contributed by atoms with Gasteiger partial charge in [-0.05, 0) is 23.7 Å². The van der Waals surface area contributed by atoms with Gasteiger partial charge in [-0.25, -0.2) is 0 Å². The van der Waals surface area contributed by atoms with Crippen LogP contribution in [0.1, 0.15) is 67.2 Å². The average Bonchev–Trinajstić information content (AvgIpc) is 2.39. The van der Waals surface area contributed by atoms with Crippen molar-refractivity contribution in [3.05, 3.63) is 0 Å². The van der Waals surface area contributed by atoms with Gasteiger partial charge in [0.05, 0.1) is 0 Å². The minimum absolute atomic E-state index is 0.118. The highest BCUT2D eigenvalue weighted by molar-refractivity contribution is 8.76. The first-order valence-corrected chi connectivity index (χ1v) is 11.3. The van der Waals surface area contributed by atoms with Crippen molar-refractivity contribution >= 4 is 33.4 Å².